The van der Waals surface area contributed by atoms with Crippen molar-refractivity contribution in [1.29, 1.82) is 0 Å². The highest BCUT2D eigenvalue weighted by atomic mass is 16.3. The lowest BCUT2D eigenvalue weighted by Gasteiger charge is -2.32. The zero-order valence-corrected chi connectivity index (χ0v) is 35.6. The van der Waals surface area contributed by atoms with Crippen LogP contribution in [0.15, 0.2) is 217 Å². The van der Waals surface area contributed by atoms with Gasteiger partial charge in [-0.15, -0.1) is 0 Å². The van der Waals surface area contributed by atoms with Crippen molar-refractivity contribution >= 4 is 49.8 Å². The Morgan fingerprint density at radius 1 is 0.359 bits per heavy atom. The number of hydrogen-bond donors (Lipinski definition) is 0. The van der Waals surface area contributed by atoms with Gasteiger partial charge in [-0.3, -0.25) is 0 Å². The molecule has 11 aromatic rings. The molecule has 2 nitrogen and oxygen atoms in total. The van der Waals surface area contributed by atoms with Gasteiger partial charge in [-0.25, -0.2) is 0 Å². The van der Waals surface area contributed by atoms with Crippen LogP contribution in [0.2, 0.25) is 0 Å². The second-order valence-electron chi connectivity index (χ2n) is 18.3. The molecule has 0 saturated carbocycles. The first-order chi connectivity index (χ1) is 31.5. The van der Waals surface area contributed by atoms with E-state index in [1.807, 2.05) is 0 Å². The van der Waals surface area contributed by atoms with Gasteiger partial charge in [0.15, 0.2) is 0 Å². The number of rotatable bonds is 4. The third-order valence-corrected chi connectivity index (χ3v) is 14.9. The molecule has 0 fully saturated rings. The van der Waals surface area contributed by atoms with Crippen molar-refractivity contribution < 1.29 is 4.42 Å². The normalized spacial score (nSPS) is 14.3. The van der Waals surface area contributed by atoms with Gasteiger partial charge in [-0.05, 0) is 126 Å². The zero-order chi connectivity index (χ0) is 42.3. The standard InChI is InChI=1S/C62H41NO/c1-61(2)50-25-10-5-19-42(50)46-32-30-40(37-55(46)61)63(56-34-35-58-60(48-23-9-14-29-57(48)64-58)59(56)47-24-15-17-38-16-3-4-18-41(38)47)39-31-33-54-49(36-39)45-22-8-13-28-53(45)62(54)51-26-11-6-20-43(51)44-21-7-12-27-52(44)62/h3-37H,1-2H3. The van der Waals surface area contributed by atoms with E-state index < -0.39 is 5.41 Å². The van der Waals surface area contributed by atoms with Crippen molar-refractivity contribution in [2.75, 3.05) is 4.90 Å². The molecule has 3 aliphatic rings. The summed E-state index contributed by atoms with van der Waals surface area (Å²) in [6.07, 6.45) is 0. The lowest BCUT2D eigenvalue weighted by Crippen LogP contribution is -2.25. The Balaban J connectivity index is 1.09. The van der Waals surface area contributed by atoms with Crippen LogP contribution in [0.4, 0.5) is 17.1 Å². The molecule has 2 heteroatoms. The average Bonchev–Trinajstić information content (AvgIpc) is 4.04. The molecule has 3 aliphatic carbocycles. The lowest BCUT2D eigenvalue weighted by molar-refractivity contribution is 0.660. The van der Waals surface area contributed by atoms with Gasteiger partial charge < -0.3 is 9.32 Å². The van der Waals surface area contributed by atoms with Crippen molar-refractivity contribution in [2.45, 2.75) is 24.7 Å². The molecule has 0 bridgehead atoms. The Hall–Kier alpha value is -7.94. The molecule has 1 spiro atoms. The molecule has 0 unspecified atom stereocenters. The fraction of sp³-hybridized carbons (Fsp3) is 0.0645. The van der Waals surface area contributed by atoms with Crippen LogP contribution in [0, 0.1) is 0 Å². The van der Waals surface area contributed by atoms with Crippen molar-refractivity contribution in [3.63, 3.8) is 0 Å². The Bertz CT molecular complexity index is 3740. The summed E-state index contributed by atoms with van der Waals surface area (Å²) >= 11 is 0. The van der Waals surface area contributed by atoms with Gasteiger partial charge in [0.25, 0.3) is 0 Å². The minimum Gasteiger partial charge on any atom is -0.456 e. The highest BCUT2D eigenvalue weighted by Crippen LogP contribution is 2.63. The predicted octanol–water partition coefficient (Wildman–Crippen LogP) is 16.5. The Labute approximate surface area is 372 Å². The van der Waals surface area contributed by atoms with Gasteiger partial charge in [-0.2, -0.15) is 0 Å². The topological polar surface area (TPSA) is 16.4 Å². The van der Waals surface area contributed by atoms with E-state index in [0.717, 1.165) is 44.6 Å². The van der Waals surface area contributed by atoms with E-state index in [2.05, 4.69) is 231 Å². The van der Waals surface area contributed by atoms with Crippen LogP contribution in [0.1, 0.15) is 47.2 Å². The van der Waals surface area contributed by atoms with Crippen LogP contribution in [-0.2, 0) is 10.8 Å². The second kappa shape index (κ2) is 12.8. The first-order valence-corrected chi connectivity index (χ1v) is 22.4. The maximum absolute atomic E-state index is 6.69. The number of nitrogens with zero attached hydrogens (tertiary/aromatic N) is 1. The molecule has 0 N–H and O–H groups in total. The molecule has 64 heavy (non-hydrogen) atoms. The fourth-order valence-electron chi connectivity index (χ4n) is 12.2. The molecule has 0 atom stereocenters. The van der Waals surface area contributed by atoms with Gasteiger partial charge in [0.1, 0.15) is 11.2 Å². The molecule has 0 aliphatic heterocycles. The third kappa shape index (κ3) is 4.54. The molecular weight excluding hydrogens is 775 g/mol. The maximum atomic E-state index is 6.69. The highest BCUT2D eigenvalue weighted by molar-refractivity contribution is 6.19. The number of anilines is 3. The summed E-state index contributed by atoms with van der Waals surface area (Å²) in [5, 5.41) is 4.64. The highest BCUT2D eigenvalue weighted by Gasteiger charge is 2.51. The number of fused-ring (bicyclic) bond motifs is 17. The van der Waals surface area contributed by atoms with Gasteiger partial charge in [0.2, 0.25) is 0 Å². The third-order valence-electron chi connectivity index (χ3n) is 14.9. The molecular formula is C62H41NO. The summed E-state index contributed by atoms with van der Waals surface area (Å²) in [6.45, 7) is 4.75. The van der Waals surface area contributed by atoms with Gasteiger partial charge >= 0.3 is 0 Å². The van der Waals surface area contributed by atoms with Crippen molar-refractivity contribution in [1.82, 2.24) is 0 Å². The summed E-state index contributed by atoms with van der Waals surface area (Å²) in [5.41, 5.74) is 22.7. The quantitative estimate of drug-likeness (QED) is 0.176. The molecule has 1 aromatic heterocycles. The van der Waals surface area contributed by atoms with E-state index in [-0.39, 0.29) is 5.41 Å². The van der Waals surface area contributed by atoms with E-state index in [4.69, 9.17) is 4.42 Å². The first-order valence-electron chi connectivity index (χ1n) is 22.4. The smallest absolute Gasteiger partial charge is 0.136 e. The molecule has 14 rings (SSSR count). The number of para-hydroxylation sites is 1. The summed E-state index contributed by atoms with van der Waals surface area (Å²) in [7, 11) is 0. The van der Waals surface area contributed by atoms with Gasteiger partial charge in [-0.1, -0.05) is 184 Å². The number of benzene rings is 10. The lowest BCUT2D eigenvalue weighted by atomic mass is 9.70. The largest absolute Gasteiger partial charge is 0.456 e. The molecule has 300 valence electrons. The Morgan fingerprint density at radius 3 is 1.61 bits per heavy atom. The van der Waals surface area contributed by atoms with Crippen LogP contribution in [0.3, 0.4) is 0 Å². The molecule has 10 aromatic carbocycles. The number of furan rings is 1. The fourth-order valence-corrected chi connectivity index (χ4v) is 12.2. The van der Waals surface area contributed by atoms with E-state index >= 15 is 0 Å². The van der Waals surface area contributed by atoms with E-state index in [0.29, 0.717) is 0 Å². The van der Waals surface area contributed by atoms with Gasteiger partial charge in [0, 0.05) is 33.1 Å². The van der Waals surface area contributed by atoms with E-state index in [9.17, 15) is 0 Å². The SMILES string of the molecule is CC1(C)c2ccccc2-c2ccc(N(c3ccc4c(c3)-c3ccccc3C43c4ccccc4-c4ccccc43)c3ccc4oc5ccccc5c4c3-c3cccc4ccccc34)cc21. The summed E-state index contributed by atoms with van der Waals surface area (Å²) in [5.74, 6) is 0. The van der Waals surface area contributed by atoms with E-state index in [1.54, 1.807) is 0 Å². The van der Waals surface area contributed by atoms with Gasteiger partial charge in [0.05, 0.1) is 11.1 Å². The predicted molar refractivity (Wildman–Crippen MR) is 265 cm³/mol. The Morgan fingerprint density at radius 2 is 0.875 bits per heavy atom. The van der Waals surface area contributed by atoms with Crippen LogP contribution < -0.4 is 4.90 Å². The molecule has 1 heterocycles. The van der Waals surface area contributed by atoms with E-state index in [1.165, 1.54) is 83.1 Å². The summed E-state index contributed by atoms with van der Waals surface area (Å²) < 4.78 is 6.69. The first kappa shape index (κ1) is 35.6. The molecule has 0 amide bonds. The summed E-state index contributed by atoms with van der Waals surface area (Å²) in [4.78, 5) is 2.53. The summed E-state index contributed by atoms with van der Waals surface area (Å²) in [6, 6.07) is 79.1. The number of hydrogen-bond acceptors (Lipinski definition) is 2. The molecule has 0 saturated heterocycles. The minimum atomic E-state index is -0.422. The van der Waals surface area contributed by atoms with Crippen molar-refractivity contribution in [3.8, 4) is 44.5 Å². The zero-order valence-electron chi connectivity index (χ0n) is 35.6. The molecule has 0 radical (unpaired) electrons. The van der Waals surface area contributed by atoms with Crippen LogP contribution >= 0.6 is 0 Å². The van der Waals surface area contributed by atoms with Crippen LogP contribution in [-0.4, -0.2) is 0 Å². The monoisotopic (exact) mass is 815 g/mol. The minimum absolute atomic E-state index is 0.177. The second-order valence-corrected chi connectivity index (χ2v) is 18.3. The van der Waals surface area contributed by atoms with Crippen molar-refractivity contribution in [3.05, 3.63) is 246 Å². The maximum Gasteiger partial charge on any atom is 0.136 e. The average molecular weight is 816 g/mol. The van der Waals surface area contributed by atoms with Crippen molar-refractivity contribution in [2.24, 2.45) is 0 Å². The van der Waals surface area contributed by atoms with Crippen LogP contribution in [0.25, 0.3) is 77.2 Å². The van der Waals surface area contributed by atoms with Crippen LogP contribution in [0.5, 0.6) is 0 Å². The Kier molecular flexibility index (Phi) is 7.13.